The van der Waals surface area contributed by atoms with Crippen LogP contribution < -0.4 is 4.74 Å². The van der Waals surface area contributed by atoms with Gasteiger partial charge in [-0.05, 0) is 60.2 Å². The van der Waals surface area contributed by atoms with E-state index < -0.39 is 23.8 Å². The third kappa shape index (κ3) is 4.05. The standard InChI is InChI=1S/C27H27F2N3O3/c1-4-16-19(28)9-8-14-10-15(33)11-17(22(14)16)24-23(29)25-18(12-30-24)27(32-26(31-25)13(2)3)35-21-7-5-6-20(21)34/h8-13,20-21,33-34H,4-7H2,1-3H3. The van der Waals surface area contributed by atoms with Crippen molar-refractivity contribution in [2.45, 2.75) is 64.6 Å². The van der Waals surface area contributed by atoms with E-state index in [0.717, 1.165) is 6.42 Å². The Kier molecular flexibility index (Phi) is 6.01. The second kappa shape index (κ2) is 9.00. The first kappa shape index (κ1) is 23.4. The molecule has 0 saturated heterocycles. The predicted molar refractivity (Wildman–Crippen MR) is 130 cm³/mol. The zero-order chi connectivity index (χ0) is 24.9. The Morgan fingerprint density at radius 3 is 2.63 bits per heavy atom. The maximum atomic E-state index is 16.1. The van der Waals surface area contributed by atoms with Crippen molar-refractivity contribution in [3.05, 3.63) is 53.5 Å². The fourth-order valence-electron chi connectivity index (χ4n) is 4.80. The van der Waals surface area contributed by atoms with Crippen molar-refractivity contribution >= 4 is 21.7 Å². The number of aromatic hydroxyl groups is 1. The van der Waals surface area contributed by atoms with E-state index in [4.69, 9.17) is 4.74 Å². The molecule has 0 spiro atoms. The number of rotatable bonds is 5. The molecular weight excluding hydrogens is 452 g/mol. The van der Waals surface area contributed by atoms with Crippen molar-refractivity contribution in [2.24, 2.45) is 0 Å². The van der Waals surface area contributed by atoms with Crippen molar-refractivity contribution < 1.29 is 23.7 Å². The van der Waals surface area contributed by atoms with Crippen LogP contribution in [0.4, 0.5) is 8.78 Å². The zero-order valence-electron chi connectivity index (χ0n) is 19.8. The maximum absolute atomic E-state index is 16.1. The molecule has 2 aromatic heterocycles. The largest absolute Gasteiger partial charge is 0.508 e. The second-order valence-electron chi connectivity index (χ2n) is 9.35. The summed E-state index contributed by atoms with van der Waals surface area (Å²) in [6.45, 7) is 5.62. The Bertz CT molecular complexity index is 1440. The normalized spacial score (nSPS) is 18.1. The Morgan fingerprint density at radius 1 is 1.14 bits per heavy atom. The summed E-state index contributed by atoms with van der Waals surface area (Å²) in [7, 11) is 0. The molecule has 1 aliphatic carbocycles. The number of benzene rings is 2. The minimum Gasteiger partial charge on any atom is -0.508 e. The van der Waals surface area contributed by atoms with Crippen LogP contribution in [0.3, 0.4) is 0 Å². The quantitative estimate of drug-likeness (QED) is 0.376. The fraction of sp³-hybridized carbons (Fsp3) is 0.370. The van der Waals surface area contributed by atoms with Crippen molar-refractivity contribution in [3.8, 4) is 22.9 Å². The molecule has 0 aliphatic heterocycles. The van der Waals surface area contributed by atoms with Gasteiger partial charge in [0.15, 0.2) is 5.82 Å². The zero-order valence-corrected chi connectivity index (χ0v) is 19.8. The third-order valence-corrected chi connectivity index (χ3v) is 6.63. The molecule has 1 saturated carbocycles. The summed E-state index contributed by atoms with van der Waals surface area (Å²) in [6.07, 6.45) is 2.94. The van der Waals surface area contributed by atoms with Crippen LogP contribution in [0.15, 0.2) is 30.5 Å². The summed E-state index contributed by atoms with van der Waals surface area (Å²) < 4.78 is 36.8. The first-order valence-electron chi connectivity index (χ1n) is 11.9. The average Bonchev–Trinajstić information content (AvgIpc) is 3.23. The summed E-state index contributed by atoms with van der Waals surface area (Å²) in [4.78, 5) is 13.3. The van der Waals surface area contributed by atoms with Crippen molar-refractivity contribution in [1.82, 2.24) is 15.0 Å². The lowest BCUT2D eigenvalue weighted by Gasteiger charge is -2.19. The van der Waals surface area contributed by atoms with Crippen LogP contribution in [0.25, 0.3) is 32.9 Å². The second-order valence-corrected chi connectivity index (χ2v) is 9.35. The third-order valence-electron chi connectivity index (χ3n) is 6.63. The lowest BCUT2D eigenvalue weighted by Crippen LogP contribution is -2.26. The van der Waals surface area contributed by atoms with Crippen LogP contribution in [0.2, 0.25) is 0 Å². The van der Waals surface area contributed by atoms with Gasteiger partial charge in [0.2, 0.25) is 5.88 Å². The number of ether oxygens (including phenoxy) is 1. The minimum atomic E-state index is -0.707. The summed E-state index contributed by atoms with van der Waals surface area (Å²) in [5, 5.41) is 22.0. The number of pyridine rings is 1. The van der Waals surface area contributed by atoms with E-state index in [1.165, 1.54) is 24.4 Å². The lowest BCUT2D eigenvalue weighted by molar-refractivity contribution is 0.0582. The van der Waals surface area contributed by atoms with Gasteiger partial charge in [-0.2, -0.15) is 4.98 Å². The molecule has 35 heavy (non-hydrogen) atoms. The van der Waals surface area contributed by atoms with Crippen molar-refractivity contribution in [3.63, 3.8) is 0 Å². The Morgan fingerprint density at radius 2 is 1.94 bits per heavy atom. The number of fused-ring (bicyclic) bond motifs is 2. The predicted octanol–water partition coefficient (Wildman–Crippen LogP) is 5.81. The average molecular weight is 480 g/mol. The number of aliphatic hydroxyl groups excluding tert-OH is 1. The van der Waals surface area contributed by atoms with Gasteiger partial charge in [0.25, 0.3) is 0 Å². The molecule has 2 atom stereocenters. The molecule has 1 aliphatic rings. The van der Waals surface area contributed by atoms with Gasteiger partial charge in [0, 0.05) is 17.7 Å². The van der Waals surface area contributed by atoms with E-state index in [0.29, 0.717) is 46.8 Å². The summed E-state index contributed by atoms with van der Waals surface area (Å²) in [5.41, 5.74) is 0.693. The van der Waals surface area contributed by atoms with Gasteiger partial charge in [-0.1, -0.05) is 26.8 Å². The van der Waals surface area contributed by atoms with Crippen LogP contribution in [0, 0.1) is 11.6 Å². The van der Waals surface area contributed by atoms with Gasteiger partial charge in [-0.15, -0.1) is 0 Å². The van der Waals surface area contributed by atoms with E-state index in [-0.39, 0.29) is 34.3 Å². The van der Waals surface area contributed by atoms with Gasteiger partial charge in [0.05, 0.1) is 11.5 Å². The number of halogens is 2. The summed E-state index contributed by atoms with van der Waals surface area (Å²) >= 11 is 0. The summed E-state index contributed by atoms with van der Waals surface area (Å²) in [6, 6.07) is 5.82. The highest BCUT2D eigenvalue weighted by atomic mass is 19.1. The molecule has 2 aromatic carbocycles. The molecule has 0 amide bonds. The van der Waals surface area contributed by atoms with Crippen LogP contribution >= 0.6 is 0 Å². The Hall–Kier alpha value is -3.39. The van der Waals surface area contributed by atoms with E-state index in [2.05, 4.69) is 15.0 Å². The number of aromatic nitrogens is 3. The number of phenolic OH excluding ortho intramolecular Hbond substituents is 1. The van der Waals surface area contributed by atoms with Crippen molar-refractivity contribution in [1.29, 1.82) is 0 Å². The topological polar surface area (TPSA) is 88.4 Å². The molecular formula is C27H27F2N3O3. The Balaban J connectivity index is 1.76. The fourth-order valence-corrected chi connectivity index (χ4v) is 4.80. The first-order chi connectivity index (χ1) is 16.8. The van der Waals surface area contributed by atoms with Crippen molar-refractivity contribution in [2.75, 3.05) is 0 Å². The number of hydrogen-bond acceptors (Lipinski definition) is 6. The highest BCUT2D eigenvalue weighted by molar-refractivity contribution is 6.01. The van der Waals surface area contributed by atoms with E-state index in [1.54, 1.807) is 6.07 Å². The number of aryl methyl sites for hydroxylation is 1. The molecule has 1 fully saturated rings. The number of nitrogens with zero attached hydrogens (tertiary/aromatic N) is 3. The van der Waals surface area contributed by atoms with Gasteiger partial charge in [-0.25, -0.2) is 13.8 Å². The number of aliphatic hydroxyl groups is 1. The molecule has 2 N–H and O–H groups in total. The van der Waals surface area contributed by atoms with Crippen LogP contribution in [0.1, 0.15) is 57.3 Å². The molecule has 182 valence electrons. The number of phenols is 1. The molecule has 2 unspecified atom stereocenters. The minimum absolute atomic E-state index is 0.0298. The monoisotopic (exact) mass is 479 g/mol. The molecule has 0 bridgehead atoms. The van der Waals surface area contributed by atoms with Crippen LogP contribution in [-0.4, -0.2) is 37.4 Å². The highest BCUT2D eigenvalue weighted by Crippen LogP contribution is 2.39. The first-order valence-corrected chi connectivity index (χ1v) is 11.9. The molecule has 4 aromatic rings. The van der Waals surface area contributed by atoms with E-state index in [1.807, 2.05) is 20.8 Å². The molecule has 2 heterocycles. The Labute approximate surface area is 201 Å². The summed E-state index contributed by atoms with van der Waals surface area (Å²) in [5.74, 6) is -0.702. The smallest absolute Gasteiger partial charge is 0.226 e. The van der Waals surface area contributed by atoms with E-state index >= 15 is 4.39 Å². The molecule has 5 rings (SSSR count). The number of hydrogen-bond donors (Lipinski definition) is 2. The molecule has 0 radical (unpaired) electrons. The van der Waals surface area contributed by atoms with Crippen LogP contribution in [0.5, 0.6) is 11.6 Å². The molecule has 8 heteroatoms. The van der Waals surface area contributed by atoms with Gasteiger partial charge in [-0.3, -0.25) is 4.98 Å². The van der Waals surface area contributed by atoms with Gasteiger partial charge >= 0.3 is 0 Å². The lowest BCUT2D eigenvalue weighted by atomic mass is 9.94. The SMILES string of the molecule is CCc1c(F)ccc2cc(O)cc(-c3ncc4c(OC5CCCC5O)nc(C(C)C)nc4c3F)c12. The van der Waals surface area contributed by atoms with Gasteiger partial charge in [0.1, 0.15) is 34.7 Å². The van der Waals surface area contributed by atoms with Crippen LogP contribution in [-0.2, 0) is 6.42 Å². The van der Waals surface area contributed by atoms with Gasteiger partial charge < -0.3 is 14.9 Å². The highest BCUT2D eigenvalue weighted by Gasteiger charge is 2.29. The molecule has 6 nitrogen and oxygen atoms in total. The maximum Gasteiger partial charge on any atom is 0.226 e. The van der Waals surface area contributed by atoms with E-state index in [9.17, 15) is 14.6 Å².